The molecule has 1 saturated heterocycles. The highest BCUT2D eigenvalue weighted by Gasteiger charge is 2.44. The molecule has 1 aliphatic heterocycles. The third kappa shape index (κ3) is 4.68. The molecule has 1 fully saturated rings. The van der Waals surface area contributed by atoms with E-state index in [9.17, 15) is 4.79 Å². The summed E-state index contributed by atoms with van der Waals surface area (Å²) in [6.07, 6.45) is 1.10. The molecule has 0 aliphatic carbocycles. The summed E-state index contributed by atoms with van der Waals surface area (Å²) in [6.45, 7) is 14.8. The van der Waals surface area contributed by atoms with Gasteiger partial charge in [-0.25, -0.2) is 0 Å². The van der Waals surface area contributed by atoms with Crippen molar-refractivity contribution in [1.82, 2.24) is 10.2 Å². The molecule has 1 rings (SSSR count). The van der Waals surface area contributed by atoms with Crippen LogP contribution in [0.2, 0.25) is 0 Å². The third-order valence-electron chi connectivity index (χ3n) is 4.96. The van der Waals surface area contributed by atoms with Gasteiger partial charge in [0.15, 0.2) is 6.54 Å². The Morgan fingerprint density at radius 1 is 1.33 bits per heavy atom. The number of rotatable bonds is 7. The van der Waals surface area contributed by atoms with Crippen LogP contribution in [0.15, 0.2) is 0 Å². The van der Waals surface area contributed by atoms with Crippen LogP contribution < -0.4 is 5.32 Å². The van der Waals surface area contributed by atoms with Crippen LogP contribution in [0.3, 0.4) is 0 Å². The van der Waals surface area contributed by atoms with Gasteiger partial charge in [-0.15, -0.1) is 0 Å². The van der Waals surface area contributed by atoms with E-state index in [2.05, 4.69) is 51.9 Å². The molecule has 1 aliphatic rings. The molecule has 0 spiro atoms. The van der Waals surface area contributed by atoms with E-state index in [0.717, 1.165) is 30.5 Å². The summed E-state index contributed by atoms with van der Waals surface area (Å²) in [5.74, 6) is 1.56. The van der Waals surface area contributed by atoms with Crippen LogP contribution in [0, 0.1) is 11.8 Å². The maximum atomic E-state index is 12.7. The summed E-state index contributed by atoms with van der Waals surface area (Å²) in [7, 11) is 4.27. The van der Waals surface area contributed by atoms with Gasteiger partial charge in [0.2, 0.25) is 0 Å². The molecule has 0 saturated carbocycles. The number of carbonyl (C=O) groups excluding carboxylic acids is 1. The van der Waals surface area contributed by atoms with Crippen LogP contribution in [0.4, 0.5) is 0 Å². The monoisotopic (exact) mass is 298 g/mol. The van der Waals surface area contributed by atoms with Crippen molar-refractivity contribution in [2.75, 3.05) is 40.3 Å². The van der Waals surface area contributed by atoms with Crippen molar-refractivity contribution in [3.8, 4) is 0 Å². The SMILES string of the molecule is CNCC(C(C)C)[N+]1(C)CC(=O)N(CCC(C)C)C(C)C1. The lowest BCUT2D eigenvalue weighted by Gasteiger charge is -2.50. The summed E-state index contributed by atoms with van der Waals surface area (Å²) < 4.78 is 0.872. The standard InChI is InChI=1S/C17H36N3O/c1-13(2)8-9-19-15(5)11-20(7,12-17(19)21)16(10-18-6)14(3)4/h13-16,18H,8-12H2,1-7H3/q+1. The van der Waals surface area contributed by atoms with Gasteiger partial charge < -0.3 is 14.7 Å². The molecule has 3 unspecified atom stereocenters. The van der Waals surface area contributed by atoms with Crippen LogP contribution in [0.1, 0.15) is 41.0 Å². The predicted molar refractivity (Wildman–Crippen MR) is 89.1 cm³/mol. The average Bonchev–Trinajstić information content (AvgIpc) is 2.33. The van der Waals surface area contributed by atoms with Gasteiger partial charge in [-0.2, -0.15) is 0 Å². The molecule has 1 N–H and O–H groups in total. The quantitative estimate of drug-likeness (QED) is 0.729. The Hall–Kier alpha value is -0.610. The van der Waals surface area contributed by atoms with Gasteiger partial charge in [0.05, 0.1) is 19.6 Å². The number of hydrogen-bond donors (Lipinski definition) is 1. The molecule has 0 aromatic rings. The summed E-state index contributed by atoms with van der Waals surface area (Å²) >= 11 is 0. The second kappa shape index (κ2) is 7.59. The van der Waals surface area contributed by atoms with Crippen molar-refractivity contribution in [2.24, 2.45) is 11.8 Å². The summed E-state index contributed by atoms with van der Waals surface area (Å²) in [5.41, 5.74) is 0. The summed E-state index contributed by atoms with van der Waals surface area (Å²) in [4.78, 5) is 14.8. The highest BCUT2D eigenvalue weighted by Crippen LogP contribution is 2.25. The molecule has 0 aromatic carbocycles. The first-order valence-corrected chi connectivity index (χ1v) is 8.49. The van der Waals surface area contributed by atoms with Gasteiger partial charge in [0.25, 0.3) is 5.91 Å². The van der Waals surface area contributed by atoms with E-state index < -0.39 is 0 Å². The molecule has 3 atom stereocenters. The minimum atomic E-state index is 0.332. The number of hydrogen-bond acceptors (Lipinski definition) is 2. The Labute approximate surface area is 131 Å². The number of likely N-dealkylation sites (N-methyl/N-ethyl adjacent to an activating group) is 2. The minimum Gasteiger partial charge on any atom is -0.329 e. The first kappa shape index (κ1) is 18.4. The Balaban J connectivity index is 2.80. The molecule has 4 nitrogen and oxygen atoms in total. The zero-order valence-corrected chi connectivity index (χ0v) is 15.1. The van der Waals surface area contributed by atoms with Crippen molar-refractivity contribution in [3.63, 3.8) is 0 Å². The molecular formula is C17H36N3O+. The van der Waals surface area contributed by atoms with Crippen molar-refractivity contribution >= 4 is 5.91 Å². The average molecular weight is 298 g/mol. The molecular weight excluding hydrogens is 262 g/mol. The fourth-order valence-electron chi connectivity index (χ4n) is 3.79. The molecule has 0 aromatic heterocycles. The lowest BCUT2D eigenvalue weighted by atomic mass is 9.96. The first-order valence-electron chi connectivity index (χ1n) is 8.49. The van der Waals surface area contributed by atoms with Gasteiger partial charge in [-0.05, 0) is 26.3 Å². The number of nitrogens with zero attached hydrogens (tertiary/aromatic N) is 2. The van der Waals surface area contributed by atoms with E-state index in [0.29, 0.717) is 36.4 Å². The Bertz CT molecular complexity index is 343. The number of nitrogens with one attached hydrogen (secondary N) is 1. The highest BCUT2D eigenvalue weighted by molar-refractivity contribution is 5.78. The molecule has 21 heavy (non-hydrogen) atoms. The van der Waals surface area contributed by atoms with Gasteiger partial charge in [-0.1, -0.05) is 27.7 Å². The van der Waals surface area contributed by atoms with Crippen LogP contribution >= 0.6 is 0 Å². The largest absolute Gasteiger partial charge is 0.329 e. The van der Waals surface area contributed by atoms with Crippen LogP contribution in [0.5, 0.6) is 0 Å². The van der Waals surface area contributed by atoms with E-state index in [1.165, 1.54) is 0 Å². The highest BCUT2D eigenvalue weighted by atomic mass is 16.2. The number of carbonyl (C=O) groups is 1. The number of amides is 1. The van der Waals surface area contributed by atoms with Gasteiger partial charge in [0.1, 0.15) is 6.04 Å². The lowest BCUT2D eigenvalue weighted by Crippen LogP contribution is -2.69. The topological polar surface area (TPSA) is 32.3 Å². The van der Waals surface area contributed by atoms with Crippen LogP contribution in [-0.2, 0) is 4.79 Å². The van der Waals surface area contributed by atoms with E-state index in [1.807, 2.05) is 7.05 Å². The third-order valence-corrected chi connectivity index (χ3v) is 4.96. The maximum Gasteiger partial charge on any atom is 0.278 e. The Morgan fingerprint density at radius 2 is 1.95 bits per heavy atom. The predicted octanol–water partition coefficient (Wildman–Crippen LogP) is 1.95. The molecule has 1 amide bonds. The maximum absolute atomic E-state index is 12.7. The fraction of sp³-hybridized carbons (Fsp3) is 0.941. The Kier molecular flexibility index (Phi) is 6.67. The van der Waals surface area contributed by atoms with Crippen molar-refractivity contribution < 1.29 is 9.28 Å². The summed E-state index contributed by atoms with van der Waals surface area (Å²) in [5, 5.41) is 3.31. The number of quaternary nitrogens is 1. The van der Waals surface area contributed by atoms with Gasteiger partial charge in [-0.3, -0.25) is 4.79 Å². The second-order valence-corrected chi connectivity index (χ2v) is 7.81. The second-order valence-electron chi connectivity index (χ2n) is 7.81. The van der Waals surface area contributed by atoms with Gasteiger partial charge in [0, 0.05) is 19.0 Å². The number of piperazine rings is 1. The normalized spacial score (nSPS) is 28.5. The molecule has 1 heterocycles. The fourth-order valence-corrected chi connectivity index (χ4v) is 3.79. The van der Waals surface area contributed by atoms with Crippen molar-refractivity contribution in [1.29, 1.82) is 0 Å². The van der Waals surface area contributed by atoms with Crippen LogP contribution in [-0.4, -0.2) is 67.6 Å². The Morgan fingerprint density at radius 3 is 2.38 bits per heavy atom. The minimum absolute atomic E-state index is 0.332. The first-order chi connectivity index (χ1) is 9.71. The van der Waals surface area contributed by atoms with Gasteiger partial charge >= 0.3 is 0 Å². The van der Waals surface area contributed by atoms with Crippen LogP contribution in [0.25, 0.3) is 0 Å². The smallest absolute Gasteiger partial charge is 0.278 e. The molecule has 124 valence electrons. The zero-order valence-electron chi connectivity index (χ0n) is 15.1. The lowest BCUT2D eigenvalue weighted by molar-refractivity contribution is -0.933. The van der Waals surface area contributed by atoms with E-state index in [1.54, 1.807) is 0 Å². The van der Waals surface area contributed by atoms with E-state index in [4.69, 9.17) is 0 Å². The van der Waals surface area contributed by atoms with E-state index >= 15 is 0 Å². The molecule has 4 heteroatoms. The molecule has 0 radical (unpaired) electrons. The molecule has 0 bridgehead atoms. The summed E-state index contributed by atoms with van der Waals surface area (Å²) in [6, 6.07) is 0.835. The van der Waals surface area contributed by atoms with E-state index in [-0.39, 0.29) is 0 Å². The van der Waals surface area contributed by atoms with Crippen molar-refractivity contribution in [3.05, 3.63) is 0 Å². The zero-order chi connectivity index (χ0) is 16.2. The van der Waals surface area contributed by atoms with Crippen molar-refractivity contribution in [2.45, 2.75) is 53.1 Å².